The van der Waals surface area contributed by atoms with E-state index in [1.54, 1.807) is 18.3 Å². The lowest BCUT2D eigenvalue weighted by Crippen LogP contribution is -2.16. The van der Waals surface area contributed by atoms with Crippen LogP contribution < -0.4 is 5.43 Å². The molecule has 0 bridgehead atoms. The molecule has 1 aromatic carbocycles. The number of carbonyl (C=O) groups excluding carboxylic acids is 1. The second kappa shape index (κ2) is 5.62. The van der Waals surface area contributed by atoms with Crippen molar-refractivity contribution in [3.8, 4) is 0 Å². The van der Waals surface area contributed by atoms with Crippen LogP contribution in [0.15, 0.2) is 52.2 Å². The van der Waals surface area contributed by atoms with Crippen molar-refractivity contribution in [3.63, 3.8) is 0 Å². The lowest BCUT2D eigenvalue weighted by molar-refractivity contribution is 0.0927. The van der Waals surface area contributed by atoms with Crippen LogP contribution in [-0.2, 0) is 0 Å². The maximum absolute atomic E-state index is 11.4. The number of furan rings is 1. The number of nitrogens with zero attached hydrogens (tertiary/aromatic N) is 1. The molecule has 0 saturated heterocycles. The average Bonchev–Trinajstić information content (AvgIpc) is 2.82. The summed E-state index contributed by atoms with van der Waals surface area (Å²) in [4.78, 5) is 11.4. The van der Waals surface area contributed by atoms with Crippen molar-refractivity contribution in [2.24, 2.45) is 5.10 Å². The molecule has 5 heteroatoms. The molecule has 1 N–H and O–H groups in total. The Morgan fingerprint density at radius 2 is 2.24 bits per heavy atom. The van der Waals surface area contributed by atoms with Crippen molar-refractivity contribution in [1.82, 2.24) is 5.43 Å². The molecule has 17 heavy (non-hydrogen) atoms. The van der Waals surface area contributed by atoms with Crippen molar-refractivity contribution in [2.45, 2.75) is 0 Å². The van der Waals surface area contributed by atoms with Crippen molar-refractivity contribution >= 4 is 34.7 Å². The van der Waals surface area contributed by atoms with Gasteiger partial charge in [-0.1, -0.05) is 12.1 Å². The van der Waals surface area contributed by atoms with Crippen molar-refractivity contribution in [1.29, 1.82) is 0 Å². The fourth-order valence-electron chi connectivity index (χ4n) is 1.22. The summed E-state index contributed by atoms with van der Waals surface area (Å²) < 4.78 is 6.04. The Hall–Kier alpha value is -1.63. The summed E-state index contributed by atoms with van der Waals surface area (Å²) in [6.07, 6.45) is 3.03. The minimum absolute atomic E-state index is 0.241. The molecule has 0 unspecified atom stereocenters. The van der Waals surface area contributed by atoms with Crippen LogP contribution in [0.25, 0.3) is 0 Å². The molecule has 4 nitrogen and oxygen atoms in total. The van der Waals surface area contributed by atoms with Gasteiger partial charge >= 0.3 is 5.91 Å². The monoisotopic (exact) mass is 340 g/mol. The number of benzene rings is 1. The van der Waals surface area contributed by atoms with Gasteiger partial charge < -0.3 is 4.42 Å². The molecule has 0 saturated carbocycles. The summed E-state index contributed by atoms with van der Waals surface area (Å²) in [5.74, 6) is -0.123. The summed E-state index contributed by atoms with van der Waals surface area (Å²) in [6, 6.07) is 11.0. The van der Waals surface area contributed by atoms with E-state index in [2.05, 4.69) is 33.1 Å². The number of carbonyl (C=O) groups is 1. The van der Waals surface area contributed by atoms with Gasteiger partial charge in [0.05, 0.1) is 12.5 Å². The number of hydrazone groups is 1. The van der Waals surface area contributed by atoms with Gasteiger partial charge in [-0.3, -0.25) is 4.79 Å². The van der Waals surface area contributed by atoms with Gasteiger partial charge in [-0.15, -0.1) is 0 Å². The molecule has 0 radical (unpaired) electrons. The third-order valence-corrected chi connectivity index (χ3v) is 2.64. The lowest BCUT2D eigenvalue weighted by atomic mass is 10.2. The standard InChI is InChI=1S/C12H9IN2O2/c13-10-4-1-3-9(7-10)8-14-15-12(16)11-5-2-6-17-11/h1-8H,(H,15,16). The minimum atomic E-state index is -0.364. The van der Waals surface area contributed by atoms with Crippen molar-refractivity contribution < 1.29 is 9.21 Å². The van der Waals surface area contributed by atoms with Crippen molar-refractivity contribution in [2.75, 3.05) is 0 Å². The molecule has 2 rings (SSSR count). The molecule has 0 aliphatic heterocycles. The first kappa shape index (κ1) is 11.8. The Balaban J connectivity index is 1.96. The first-order chi connectivity index (χ1) is 8.25. The Labute approximate surface area is 112 Å². The Morgan fingerprint density at radius 3 is 2.94 bits per heavy atom. The summed E-state index contributed by atoms with van der Waals surface area (Å²) >= 11 is 2.22. The van der Waals surface area contributed by atoms with Crippen LogP contribution in [0.1, 0.15) is 16.1 Å². The SMILES string of the molecule is O=C(NN=Cc1cccc(I)c1)c1ccco1. The van der Waals surface area contributed by atoms with Gasteiger partial charge in [0, 0.05) is 3.57 Å². The maximum Gasteiger partial charge on any atom is 0.307 e. The zero-order valence-corrected chi connectivity index (χ0v) is 10.9. The van der Waals surface area contributed by atoms with Gasteiger partial charge in [-0.05, 0) is 52.4 Å². The van der Waals surface area contributed by atoms with Gasteiger partial charge in [-0.2, -0.15) is 5.10 Å². The fraction of sp³-hybridized carbons (Fsp3) is 0. The van der Waals surface area contributed by atoms with E-state index < -0.39 is 0 Å². The predicted molar refractivity (Wildman–Crippen MR) is 72.9 cm³/mol. The summed E-state index contributed by atoms with van der Waals surface area (Å²) in [7, 11) is 0. The van der Waals surface area contributed by atoms with E-state index in [4.69, 9.17) is 4.42 Å². The third-order valence-electron chi connectivity index (χ3n) is 1.97. The largest absolute Gasteiger partial charge is 0.459 e. The van der Waals surface area contributed by atoms with Crippen LogP contribution in [0.3, 0.4) is 0 Å². The van der Waals surface area contributed by atoms with E-state index in [1.165, 1.54) is 6.26 Å². The summed E-state index contributed by atoms with van der Waals surface area (Å²) in [5, 5.41) is 3.85. The number of amides is 1. The van der Waals surface area contributed by atoms with Gasteiger partial charge in [0.2, 0.25) is 0 Å². The lowest BCUT2D eigenvalue weighted by Gasteiger charge is -1.96. The first-order valence-electron chi connectivity index (χ1n) is 4.88. The molecule has 0 atom stereocenters. The quantitative estimate of drug-likeness (QED) is 0.531. The molecular weight excluding hydrogens is 331 g/mol. The van der Waals surface area contributed by atoms with Crippen LogP contribution in [0.2, 0.25) is 0 Å². The number of hydrogen-bond donors (Lipinski definition) is 1. The fourth-order valence-corrected chi connectivity index (χ4v) is 1.78. The zero-order chi connectivity index (χ0) is 12.1. The first-order valence-corrected chi connectivity index (χ1v) is 5.96. The minimum Gasteiger partial charge on any atom is -0.459 e. The highest BCUT2D eigenvalue weighted by atomic mass is 127. The predicted octanol–water partition coefficient (Wildman–Crippen LogP) is 2.65. The van der Waals surface area contributed by atoms with Gasteiger partial charge in [-0.25, -0.2) is 5.43 Å². The smallest absolute Gasteiger partial charge is 0.307 e. The zero-order valence-electron chi connectivity index (χ0n) is 8.76. The Kier molecular flexibility index (Phi) is 3.92. The molecular formula is C12H9IN2O2. The number of nitrogens with one attached hydrogen (secondary N) is 1. The highest BCUT2D eigenvalue weighted by molar-refractivity contribution is 14.1. The van der Waals surface area contributed by atoms with Crippen LogP contribution in [-0.4, -0.2) is 12.1 Å². The van der Waals surface area contributed by atoms with E-state index in [0.717, 1.165) is 9.13 Å². The number of halogens is 1. The van der Waals surface area contributed by atoms with E-state index in [-0.39, 0.29) is 11.7 Å². The molecule has 2 aromatic rings. The van der Waals surface area contributed by atoms with E-state index in [9.17, 15) is 4.79 Å². The molecule has 1 amide bonds. The van der Waals surface area contributed by atoms with Gasteiger partial charge in [0.15, 0.2) is 5.76 Å². The third kappa shape index (κ3) is 3.42. The summed E-state index contributed by atoms with van der Waals surface area (Å²) in [6.45, 7) is 0. The topological polar surface area (TPSA) is 54.6 Å². The van der Waals surface area contributed by atoms with Crippen molar-refractivity contribution in [3.05, 3.63) is 57.6 Å². The molecule has 0 aliphatic carbocycles. The maximum atomic E-state index is 11.4. The molecule has 1 aromatic heterocycles. The highest BCUT2D eigenvalue weighted by Gasteiger charge is 2.05. The average molecular weight is 340 g/mol. The second-order valence-corrected chi connectivity index (χ2v) is 4.48. The molecule has 1 heterocycles. The van der Waals surface area contributed by atoms with Gasteiger partial charge in [0.1, 0.15) is 0 Å². The van der Waals surface area contributed by atoms with E-state index >= 15 is 0 Å². The Morgan fingerprint density at radius 1 is 1.35 bits per heavy atom. The highest BCUT2D eigenvalue weighted by Crippen LogP contribution is 2.05. The van der Waals surface area contributed by atoms with Gasteiger partial charge in [0.25, 0.3) is 0 Å². The number of hydrogen-bond acceptors (Lipinski definition) is 3. The van der Waals surface area contributed by atoms with Crippen LogP contribution in [0.4, 0.5) is 0 Å². The van der Waals surface area contributed by atoms with Crippen LogP contribution in [0.5, 0.6) is 0 Å². The van der Waals surface area contributed by atoms with E-state index in [1.807, 2.05) is 24.3 Å². The van der Waals surface area contributed by atoms with E-state index in [0.29, 0.717) is 0 Å². The van der Waals surface area contributed by atoms with Crippen LogP contribution in [0, 0.1) is 3.57 Å². The summed E-state index contributed by atoms with van der Waals surface area (Å²) in [5.41, 5.74) is 3.31. The molecule has 0 spiro atoms. The molecule has 0 aliphatic rings. The number of rotatable bonds is 3. The van der Waals surface area contributed by atoms with Crippen LogP contribution >= 0.6 is 22.6 Å². The Bertz CT molecular complexity index is 535. The normalized spacial score (nSPS) is 10.6. The molecule has 86 valence electrons. The molecule has 0 fully saturated rings. The second-order valence-electron chi connectivity index (χ2n) is 3.23.